The van der Waals surface area contributed by atoms with Gasteiger partial charge in [0.05, 0.1) is 5.69 Å². The second-order valence-electron chi connectivity index (χ2n) is 6.29. The minimum Gasteiger partial charge on any atom is -0.256 e. The van der Waals surface area contributed by atoms with E-state index in [-0.39, 0.29) is 5.41 Å². The van der Waals surface area contributed by atoms with Crippen molar-refractivity contribution in [2.45, 2.75) is 19.3 Å². The Labute approximate surface area is 139 Å². The van der Waals surface area contributed by atoms with E-state index >= 15 is 0 Å². The maximum absolute atomic E-state index is 4.48. The maximum atomic E-state index is 4.48. The van der Waals surface area contributed by atoms with Gasteiger partial charge in [-0.15, -0.1) is 0 Å². The highest BCUT2D eigenvalue weighted by atomic mass is 79.9. The van der Waals surface area contributed by atoms with E-state index in [4.69, 9.17) is 0 Å². The van der Waals surface area contributed by atoms with E-state index in [0.29, 0.717) is 0 Å². The number of nitrogens with zero attached hydrogens (tertiary/aromatic N) is 1. The highest BCUT2D eigenvalue weighted by molar-refractivity contribution is 9.10. The highest BCUT2D eigenvalue weighted by Crippen LogP contribution is 2.50. The fraction of sp³-hybridized carbons (Fsp3) is 0.150. The van der Waals surface area contributed by atoms with Crippen molar-refractivity contribution in [3.63, 3.8) is 0 Å². The molecule has 0 saturated carbocycles. The minimum atomic E-state index is 0.0131. The summed E-state index contributed by atoms with van der Waals surface area (Å²) in [5, 5.41) is 0. The lowest BCUT2D eigenvalue weighted by molar-refractivity contribution is 0.660. The van der Waals surface area contributed by atoms with Crippen LogP contribution in [0.4, 0.5) is 0 Å². The first-order valence-electron chi connectivity index (χ1n) is 7.44. The van der Waals surface area contributed by atoms with Crippen LogP contribution in [0.2, 0.25) is 0 Å². The molecule has 1 nitrogen and oxygen atoms in total. The molecule has 3 aromatic rings. The molecule has 4 rings (SSSR count). The third-order valence-corrected chi connectivity index (χ3v) is 5.09. The lowest BCUT2D eigenvalue weighted by Gasteiger charge is -2.22. The van der Waals surface area contributed by atoms with Crippen LogP contribution in [0, 0.1) is 0 Å². The number of hydrogen-bond donors (Lipinski definition) is 0. The van der Waals surface area contributed by atoms with E-state index in [1.54, 1.807) is 0 Å². The van der Waals surface area contributed by atoms with Crippen molar-refractivity contribution in [1.29, 1.82) is 0 Å². The van der Waals surface area contributed by atoms with Crippen LogP contribution in [-0.2, 0) is 5.41 Å². The van der Waals surface area contributed by atoms with E-state index in [1.807, 2.05) is 18.3 Å². The molecule has 0 bridgehead atoms. The second-order valence-corrected chi connectivity index (χ2v) is 7.21. The van der Waals surface area contributed by atoms with Gasteiger partial charge in [0.15, 0.2) is 0 Å². The number of pyridine rings is 1. The molecule has 1 heterocycles. The molecule has 0 radical (unpaired) electrons. The molecule has 1 aliphatic rings. The highest BCUT2D eigenvalue weighted by Gasteiger charge is 2.35. The lowest BCUT2D eigenvalue weighted by Crippen LogP contribution is -2.15. The number of fused-ring (bicyclic) bond motifs is 3. The van der Waals surface area contributed by atoms with E-state index in [0.717, 1.165) is 10.2 Å². The Morgan fingerprint density at radius 1 is 0.864 bits per heavy atom. The molecular formula is C20H16BrN. The summed E-state index contributed by atoms with van der Waals surface area (Å²) >= 11 is 3.60. The summed E-state index contributed by atoms with van der Waals surface area (Å²) in [6.07, 6.45) is 1.85. The maximum Gasteiger partial charge on any atom is 0.0702 e. The topological polar surface area (TPSA) is 12.9 Å². The molecule has 22 heavy (non-hydrogen) atoms. The number of benzene rings is 2. The average Bonchev–Trinajstić information content (AvgIpc) is 2.76. The van der Waals surface area contributed by atoms with Gasteiger partial charge in [-0.3, -0.25) is 4.98 Å². The lowest BCUT2D eigenvalue weighted by atomic mass is 9.82. The van der Waals surface area contributed by atoms with Crippen molar-refractivity contribution in [1.82, 2.24) is 4.98 Å². The monoisotopic (exact) mass is 349 g/mol. The molecule has 2 aromatic carbocycles. The number of rotatable bonds is 1. The van der Waals surface area contributed by atoms with Crippen molar-refractivity contribution in [2.75, 3.05) is 0 Å². The third-order valence-electron chi connectivity index (χ3n) is 4.60. The van der Waals surface area contributed by atoms with Gasteiger partial charge in [0.25, 0.3) is 0 Å². The van der Waals surface area contributed by atoms with Gasteiger partial charge in [0.1, 0.15) is 0 Å². The van der Waals surface area contributed by atoms with E-state index in [1.165, 1.54) is 27.8 Å². The van der Waals surface area contributed by atoms with Crippen molar-refractivity contribution < 1.29 is 0 Å². The predicted molar refractivity (Wildman–Crippen MR) is 94.9 cm³/mol. The van der Waals surface area contributed by atoms with Gasteiger partial charge in [-0.05, 0) is 52.6 Å². The molecule has 1 aliphatic carbocycles. The largest absolute Gasteiger partial charge is 0.256 e. The van der Waals surface area contributed by atoms with Crippen molar-refractivity contribution in [2.24, 2.45) is 0 Å². The smallest absolute Gasteiger partial charge is 0.0702 e. The first-order valence-corrected chi connectivity index (χ1v) is 8.23. The van der Waals surface area contributed by atoms with Crippen molar-refractivity contribution >= 4 is 15.9 Å². The van der Waals surface area contributed by atoms with Gasteiger partial charge in [-0.1, -0.05) is 54.0 Å². The number of aromatic nitrogens is 1. The standard InChI is InChI=1S/C20H16BrN/c1-20(2)17-11-13(19-5-3-4-10-22-19)6-8-15(17)16-9-7-14(21)12-18(16)20/h3-12H,1-2H3. The van der Waals surface area contributed by atoms with E-state index < -0.39 is 0 Å². The summed E-state index contributed by atoms with van der Waals surface area (Å²) < 4.78 is 1.14. The summed E-state index contributed by atoms with van der Waals surface area (Å²) in [4.78, 5) is 4.48. The van der Waals surface area contributed by atoms with Crippen LogP contribution in [0.3, 0.4) is 0 Å². The summed E-state index contributed by atoms with van der Waals surface area (Å²) in [5.41, 5.74) is 7.67. The molecule has 0 unspecified atom stereocenters. The average molecular weight is 350 g/mol. The third kappa shape index (κ3) is 1.94. The predicted octanol–water partition coefficient (Wildman–Crippen LogP) is 5.82. The Bertz CT molecular complexity index is 866. The number of halogens is 1. The Hall–Kier alpha value is -1.93. The molecular weight excluding hydrogens is 334 g/mol. The molecule has 2 heteroatoms. The molecule has 108 valence electrons. The van der Waals surface area contributed by atoms with E-state index in [2.05, 4.69) is 77.2 Å². The van der Waals surface area contributed by atoms with Crippen LogP contribution >= 0.6 is 15.9 Å². The van der Waals surface area contributed by atoms with Gasteiger partial charge in [0, 0.05) is 21.6 Å². The van der Waals surface area contributed by atoms with Gasteiger partial charge in [0.2, 0.25) is 0 Å². The van der Waals surface area contributed by atoms with Crippen LogP contribution in [0.25, 0.3) is 22.4 Å². The Morgan fingerprint density at radius 2 is 1.59 bits per heavy atom. The Kier molecular flexibility index (Phi) is 2.98. The van der Waals surface area contributed by atoms with Crippen LogP contribution in [0.1, 0.15) is 25.0 Å². The minimum absolute atomic E-state index is 0.0131. The van der Waals surface area contributed by atoms with Gasteiger partial charge >= 0.3 is 0 Å². The van der Waals surface area contributed by atoms with E-state index in [9.17, 15) is 0 Å². The summed E-state index contributed by atoms with van der Waals surface area (Å²) in [6.45, 7) is 4.60. The molecule has 1 aromatic heterocycles. The fourth-order valence-electron chi connectivity index (χ4n) is 3.40. The van der Waals surface area contributed by atoms with Gasteiger partial charge in [-0.2, -0.15) is 0 Å². The van der Waals surface area contributed by atoms with Crippen molar-refractivity contribution in [3.05, 3.63) is 76.4 Å². The SMILES string of the molecule is CC1(C)c2cc(Br)ccc2-c2ccc(-c3ccccn3)cc21. The first kappa shape index (κ1) is 13.7. The molecule has 0 amide bonds. The fourth-order valence-corrected chi connectivity index (χ4v) is 3.76. The van der Waals surface area contributed by atoms with Crippen LogP contribution in [0.15, 0.2) is 65.3 Å². The normalized spacial score (nSPS) is 14.5. The van der Waals surface area contributed by atoms with Crippen LogP contribution < -0.4 is 0 Å². The molecule has 0 saturated heterocycles. The number of hydrogen-bond acceptors (Lipinski definition) is 1. The van der Waals surface area contributed by atoms with Crippen molar-refractivity contribution in [3.8, 4) is 22.4 Å². The summed E-state index contributed by atoms with van der Waals surface area (Å²) in [5.74, 6) is 0. The summed E-state index contributed by atoms with van der Waals surface area (Å²) in [7, 11) is 0. The summed E-state index contributed by atoms with van der Waals surface area (Å²) in [6, 6.07) is 19.3. The molecule has 0 aliphatic heterocycles. The molecule has 0 atom stereocenters. The van der Waals surface area contributed by atoms with Crippen LogP contribution in [-0.4, -0.2) is 4.98 Å². The molecule has 0 spiro atoms. The molecule has 0 fully saturated rings. The second kappa shape index (κ2) is 4.79. The van der Waals surface area contributed by atoms with Gasteiger partial charge < -0.3 is 0 Å². The molecule has 0 N–H and O–H groups in total. The zero-order valence-corrected chi connectivity index (χ0v) is 14.2. The quantitative estimate of drug-likeness (QED) is 0.539. The Balaban J connectivity index is 1.93. The zero-order valence-electron chi connectivity index (χ0n) is 12.6. The zero-order chi connectivity index (χ0) is 15.3. The first-order chi connectivity index (χ1) is 10.6. The van der Waals surface area contributed by atoms with Crippen LogP contribution in [0.5, 0.6) is 0 Å². The van der Waals surface area contributed by atoms with Gasteiger partial charge in [-0.25, -0.2) is 0 Å². The Morgan fingerprint density at radius 3 is 2.32 bits per heavy atom.